The van der Waals surface area contributed by atoms with Crippen molar-refractivity contribution < 1.29 is 14.7 Å². The Labute approximate surface area is 231 Å². The van der Waals surface area contributed by atoms with E-state index in [1.807, 2.05) is 37.3 Å². The topological polar surface area (TPSA) is 111 Å². The molecule has 1 saturated heterocycles. The Morgan fingerprint density at radius 1 is 1.05 bits per heavy atom. The summed E-state index contributed by atoms with van der Waals surface area (Å²) in [6.45, 7) is 3.21. The molecule has 8 nitrogen and oxygen atoms in total. The lowest BCUT2D eigenvalue weighted by Gasteiger charge is -2.34. The van der Waals surface area contributed by atoms with Gasteiger partial charge in [0.1, 0.15) is 6.07 Å². The largest absolute Gasteiger partial charge is 0.478 e. The van der Waals surface area contributed by atoms with Crippen LogP contribution in [0.25, 0.3) is 5.69 Å². The molecule has 0 radical (unpaired) electrons. The van der Waals surface area contributed by atoms with Gasteiger partial charge in [-0.2, -0.15) is 10.4 Å². The molecule has 0 aliphatic carbocycles. The van der Waals surface area contributed by atoms with Gasteiger partial charge in [-0.15, -0.1) is 0 Å². The molecule has 39 heavy (non-hydrogen) atoms. The molecule has 9 heteroatoms. The highest BCUT2D eigenvalue weighted by Gasteiger charge is 2.25. The normalized spacial score (nSPS) is 13.6. The van der Waals surface area contributed by atoms with E-state index in [1.54, 1.807) is 41.1 Å². The fourth-order valence-corrected chi connectivity index (χ4v) is 5.26. The lowest BCUT2D eigenvalue weighted by atomic mass is 9.86. The number of hydrogen-bond donors (Lipinski definition) is 2. The number of carbonyl (C=O) groups excluding carboxylic acids is 1. The van der Waals surface area contributed by atoms with Crippen LogP contribution in [-0.2, 0) is 0 Å². The zero-order valence-corrected chi connectivity index (χ0v) is 22.0. The summed E-state index contributed by atoms with van der Waals surface area (Å²) >= 11 is 5.98. The van der Waals surface area contributed by atoms with Gasteiger partial charge in [0, 0.05) is 23.8 Å². The van der Waals surface area contributed by atoms with Gasteiger partial charge in [0.15, 0.2) is 0 Å². The van der Waals surface area contributed by atoms with Gasteiger partial charge in [-0.05, 0) is 79.8 Å². The number of nitrogens with one attached hydrogen (secondary N) is 1. The number of hydrogen-bond acceptors (Lipinski definition) is 5. The minimum absolute atomic E-state index is 0.148. The smallest absolute Gasteiger partial charge is 0.335 e. The van der Waals surface area contributed by atoms with Crippen molar-refractivity contribution in [1.29, 1.82) is 5.26 Å². The summed E-state index contributed by atoms with van der Waals surface area (Å²) < 4.78 is 1.67. The molecule has 0 unspecified atom stereocenters. The predicted molar refractivity (Wildman–Crippen MR) is 150 cm³/mol. The van der Waals surface area contributed by atoms with Crippen LogP contribution in [0.4, 0.5) is 11.4 Å². The Balaban J connectivity index is 1.28. The van der Waals surface area contributed by atoms with Crippen molar-refractivity contribution in [3.05, 3.63) is 106 Å². The summed E-state index contributed by atoms with van der Waals surface area (Å²) in [7, 11) is 0. The maximum Gasteiger partial charge on any atom is 0.335 e. The first-order valence-corrected chi connectivity index (χ1v) is 13.0. The maximum atomic E-state index is 13.0. The first-order valence-electron chi connectivity index (χ1n) is 12.6. The van der Waals surface area contributed by atoms with Gasteiger partial charge in [-0.3, -0.25) is 4.79 Å². The molecule has 3 aromatic carbocycles. The standard InChI is InChI=1S/C30H26ClN5O3/c1-19-27(18-33-36(19)24-9-6-22(31)7-10-24)29(37)34-23-8-11-28(21(16-23)17-32)35-14-12-20(13-15-35)25-4-2-3-5-26(25)30(38)39/h2-11,16,18,20H,12-15H2,1H3,(H,34,37)(H,38,39). The summed E-state index contributed by atoms with van der Waals surface area (Å²) in [6, 6.07) is 21.9. The SMILES string of the molecule is Cc1c(C(=O)Nc2ccc(N3CCC(c4ccccc4C(=O)O)CC3)c(C#N)c2)cnn1-c1ccc(Cl)cc1. The first kappa shape index (κ1) is 26.0. The van der Waals surface area contributed by atoms with E-state index in [0.717, 1.165) is 29.8 Å². The molecule has 2 N–H and O–H groups in total. The minimum Gasteiger partial charge on any atom is -0.478 e. The van der Waals surface area contributed by atoms with Gasteiger partial charge in [0.05, 0.1) is 40.0 Å². The number of carboxylic acids is 1. The summed E-state index contributed by atoms with van der Waals surface area (Å²) in [5.74, 6) is -1.08. The molecule has 2 heterocycles. The highest BCUT2D eigenvalue weighted by Crippen LogP contribution is 2.34. The quantitative estimate of drug-likeness (QED) is 0.309. The molecule has 196 valence electrons. The molecule has 1 fully saturated rings. The van der Waals surface area contributed by atoms with Gasteiger partial charge in [0.25, 0.3) is 5.91 Å². The first-order chi connectivity index (χ1) is 18.9. The number of carbonyl (C=O) groups is 2. The van der Waals surface area contributed by atoms with Crippen LogP contribution in [0.2, 0.25) is 5.02 Å². The lowest BCUT2D eigenvalue weighted by molar-refractivity contribution is 0.0694. The highest BCUT2D eigenvalue weighted by atomic mass is 35.5. The van der Waals surface area contributed by atoms with Gasteiger partial charge < -0.3 is 15.3 Å². The van der Waals surface area contributed by atoms with Gasteiger partial charge in [0.2, 0.25) is 0 Å². The van der Waals surface area contributed by atoms with Crippen LogP contribution >= 0.6 is 11.6 Å². The van der Waals surface area contributed by atoms with Crippen LogP contribution in [0.15, 0.2) is 72.9 Å². The summed E-state index contributed by atoms with van der Waals surface area (Å²) in [4.78, 5) is 26.8. The molecular formula is C30H26ClN5O3. The lowest BCUT2D eigenvalue weighted by Crippen LogP contribution is -2.33. The number of benzene rings is 3. The molecule has 1 aliphatic rings. The minimum atomic E-state index is -0.912. The number of rotatable bonds is 6. The third-order valence-corrected chi connectivity index (χ3v) is 7.42. The Bertz CT molecular complexity index is 1580. The maximum absolute atomic E-state index is 13.0. The number of nitriles is 1. The van der Waals surface area contributed by atoms with Crippen molar-refractivity contribution in [2.45, 2.75) is 25.7 Å². The zero-order chi connectivity index (χ0) is 27.5. The number of carboxylic acid groups (broad SMARTS) is 1. The number of aromatic carboxylic acids is 1. The highest BCUT2D eigenvalue weighted by molar-refractivity contribution is 6.30. The Morgan fingerprint density at radius 3 is 2.46 bits per heavy atom. The number of nitrogens with zero attached hydrogens (tertiary/aromatic N) is 4. The number of halogens is 1. The van der Waals surface area contributed by atoms with Gasteiger partial charge >= 0.3 is 5.97 Å². The second kappa shape index (κ2) is 11.0. The number of amides is 1. The summed E-state index contributed by atoms with van der Waals surface area (Å²) in [5.41, 5.74) is 4.89. The predicted octanol–water partition coefficient (Wildman–Crippen LogP) is 6.04. The van der Waals surface area contributed by atoms with Crippen LogP contribution in [-0.4, -0.2) is 39.9 Å². The van der Waals surface area contributed by atoms with Crippen molar-refractivity contribution in [3.8, 4) is 11.8 Å². The molecule has 1 amide bonds. The molecule has 1 aromatic heterocycles. The van der Waals surface area contributed by atoms with E-state index in [-0.39, 0.29) is 11.8 Å². The third-order valence-electron chi connectivity index (χ3n) is 7.17. The van der Waals surface area contributed by atoms with E-state index >= 15 is 0 Å². The van der Waals surface area contributed by atoms with Gasteiger partial charge in [-0.25, -0.2) is 9.48 Å². The Kier molecular flexibility index (Phi) is 7.35. The van der Waals surface area contributed by atoms with E-state index in [1.165, 1.54) is 6.20 Å². The van der Waals surface area contributed by atoms with E-state index in [4.69, 9.17) is 11.6 Å². The van der Waals surface area contributed by atoms with Crippen molar-refractivity contribution in [2.75, 3.05) is 23.3 Å². The van der Waals surface area contributed by atoms with Crippen LogP contribution in [0, 0.1) is 18.3 Å². The molecule has 0 atom stereocenters. The van der Waals surface area contributed by atoms with E-state index in [9.17, 15) is 20.0 Å². The van der Waals surface area contributed by atoms with Gasteiger partial charge in [-0.1, -0.05) is 29.8 Å². The zero-order valence-electron chi connectivity index (χ0n) is 21.3. The Hall–Kier alpha value is -4.61. The molecule has 4 aromatic rings. The molecule has 5 rings (SSSR count). The number of aromatic nitrogens is 2. The molecule has 1 aliphatic heterocycles. The van der Waals surface area contributed by atoms with Crippen LogP contribution < -0.4 is 10.2 Å². The molecular weight excluding hydrogens is 514 g/mol. The fraction of sp³-hybridized carbons (Fsp3) is 0.200. The fourth-order valence-electron chi connectivity index (χ4n) is 5.13. The monoisotopic (exact) mass is 539 g/mol. The Morgan fingerprint density at radius 2 is 1.77 bits per heavy atom. The van der Waals surface area contributed by atoms with Crippen molar-refractivity contribution in [3.63, 3.8) is 0 Å². The van der Waals surface area contributed by atoms with E-state index in [0.29, 0.717) is 46.2 Å². The van der Waals surface area contributed by atoms with Crippen molar-refractivity contribution in [1.82, 2.24) is 9.78 Å². The van der Waals surface area contributed by atoms with Crippen LogP contribution in [0.3, 0.4) is 0 Å². The van der Waals surface area contributed by atoms with Crippen molar-refractivity contribution >= 4 is 34.9 Å². The average molecular weight is 540 g/mol. The van der Waals surface area contributed by atoms with E-state index in [2.05, 4.69) is 21.4 Å². The molecule has 0 spiro atoms. The summed E-state index contributed by atoms with van der Waals surface area (Å²) in [5, 5.41) is 27.3. The van der Waals surface area contributed by atoms with Crippen LogP contribution in [0.1, 0.15) is 56.3 Å². The van der Waals surface area contributed by atoms with Crippen LogP contribution in [0.5, 0.6) is 0 Å². The van der Waals surface area contributed by atoms with Crippen molar-refractivity contribution in [2.24, 2.45) is 0 Å². The third kappa shape index (κ3) is 5.35. The number of anilines is 2. The molecule has 0 bridgehead atoms. The van der Waals surface area contributed by atoms with E-state index < -0.39 is 5.97 Å². The summed E-state index contributed by atoms with van der Waals surface area (Å²) in [6.07, 6.45) is 3.08. The second-order valence-electron chi connectivity index (χ2n) is 9.48. The molecule has 0 saturated carbocycles. The average Bonchev–Trinajstić information content (AvgIpc) is 3.34. The second-order valence-corrected chi connectivity index (χ2v) is 9.92. The number of piperidine rings is 1.